The molecule has 5 aromatic carbocycles. The van der Waals surface area contributed by atoms with E-state index >= 15 is 0 Å². The quantitative estimate of drug-likeness (QED) is 0.190. The van der Waals surface area contributed by atoms with Gasteiger partial charge in [-0.25, -0.2) is 0 Å². The summed E-state index contributed by atoms with van der Waals surface area (Å²) in [6, 6.07) is 36.3. The van der Waals surface area contributed by atoms with Crippen LogP contribution in [-0.4, -0.2) is 25.4 Å². The second-order valence-electron chi connectivity index (χ2n) is 11.5. The third-order valence-corrected chi connectivity index (χ3v) is 8.55. The molecule has 43 heavy (non-hydrogen) atoms. The molecule has 4 heteroatoms. The van der Waals surface area contributed by atoms with Crippen LogP contribution in [0.3, 0.4) is 0 Å². The molecule has 5 aromatic rings. The van der Waals surface area contributed by atoms with E-state index in [1.165, 1.54) is 16.7 Å². The first-order valence-corrected chi connectivity index (χ1v) is 15.3. The van der Waals surface area contributed by atoms with Crippen LogP contribution in [0.2, 0.25) is 0 Å². The summed E-state index contributed by atoms with van der Waals surface area (Å²) in [5.41, 5.74) is 31.5. The molecular weight excluding hydrogens is 526 g/mol. The van der Waals surface area contributed by atoms with E-state index in [0.717, 1.165) is 87.7 Å². The molecule has 6 N–H and O–H groups in total. The highest BCUT2D eigenvalue weighted by molar-refractivity contribution is 6.13. The lowest BCUT2D eigenvalue weighted by atomic mass is 9.86. The van der Waals surface area contributed by atoms with E-state index < -0.39 is 0 Å². The van der Waals surface area contributed by atoms with Gasteiger partial charge < -0.3 is 17.2 Å². The fraction of sp³-hybridized carbons (Fsp3) is 0.205. The lowest BCUT2D eigenvalue weighted by molar-refractivity contribution is 0.103. The zero-order chi connectivity index (χ0) is 29.8. The number of carbonyl (C=O) groups excluding carboxylic acids is 1. The van der Waals surface area contributed by atoms with Gasteiger partial charge in [-0.05, 0) is 131 Å². The summed E-state index contributed by atoms with van der Waals surface area (Å²) in [4.78, 5) is 14.5. The van der Waals surface area contributed by atoms with Crippen molar-refractivity contribution in [2.45, 2.75) is 32.1 Å². The van der Waals surface area contributed by atoms with Crippen LogP contribution < -0.4 is 17.2 Å². The van der Waals surface area contributed by atoms with Crippen LogP contribution in [-0.2, 0) is 32.1 Å². The third kappa shape index (κ3) is 6.09. The molecule has 1 aliphatic carbocycles. The summed E-state index contributed by atoms with van der Waals surface area (Å²) in [6.45, 7) is 1.80. The van der Waals surface area contributed by atoms with Gasteiger partial charge in [-0.3, -0.25) is 4.79 Å². The molecular formula is C39H39N3O. The van der Waals surface area contributed by atoms with Gasteiger partial charge in [-0.15, -0.1) is 0 Å². The first-order chi connectivity index (χ1) is 21.1. The Bertz CT molecular complexity index is 1790. The average molecular weight is 566 g/mol. The summed E-state index contributed by atoms with van der Waals surface area (Å²) in [6.07, 6.45) is 4.06. The molecule has 0 fully saturated rings. The van der Waals surface area contributed by atoms with E-state index in [-0.39, 0.29) is 5.78 Å². The number of carbonyl (C=O) groups is 1. The van der Waals surface area contributed by atoms with Crippen molar-refractivity contribution in [2.75, 3.05) is 19.6 Å². The predicted octanol–water partition coefficient (Wildman–Crippen LogP) is 6.52. The molecule has 4 nitrogen and oxygen atoms in total. The molecule has 0 aromatic heterocycles. The normalized spacial score (nSPS) is 12.5. The Hall–Kier alpha value is -4.35. The van der Waals surface area contributed by atoms with Crippen LogP contribution in [0, 0.1) is 0 Å². The Morgan fingerprint density at radius 3 is 1.56 bits per heavy atom. The Morgan fingerprint density at radius 2 is 0.953 bits per heavy atom. The smallest absolute Gasteiger partial charge is 0.193 e. The largest absolute Gasteiger partial charge is 0.330 e. The van der Waals surface area contributed by atoms with Gasteiger partial charge in [0.15, 0.2) is 5.78 Å². The number of fused-ring (bicyclic) bond motifs is 2. The fourth-order valence-corrected chi connectivity index (χ4v) is 6.37. The van der Waals surface area contributed by atoms with Gasteiger partial charge in [-0.2, -0.15) is 0 Å². The molecule has 0 saturated heterocycles. The highest BCUT2D eigenvalue weighted by atomic mass is 16.1. The van der Waals surface area contributed by atoms with Crippen LogP contribution in [0.25, 0.3) is 33.4 Å². The van der Waals surface area contributed by atoms with E-state index in [0.29, 0.717) is 19.6 Å². The maximum atomic E-state index is 14.5. The van der Waals surface area contributed by atoms with E-state index in [4.69, 9.17) is 17.2 Å². The molecule has 0 saturated carbocycles. The summed E-state index contributed by atoms with van der Waals surface area (Å²) in [5.74, 6) is 0.0850. The van der Waals surface area contributed by atoms with Gasteiger partial charge >= 0.3 is 0 Å². The van der Waals surface area contributed by atoms with Gasteiger partial charge in [-0.1, -0.05) is 84.9 Å². The zero-order valence-corrected chi connectivity index (χ0v) is 24.6. The number of hydrogen-bond acceptors (Lipinski definition) is 4. The first kappa shape index (κ1) is 28.8. The van der Waals surface area contributed by atoms with Crippen molar-refractivity contribution in [1.29, 1.82) is 0 Å². The van der Waals surface area contributed by atoms with Crippen LogP contribution in [0.4, 0.5) is 0 Å². The van der Waals surface area contributed by atoms with Gasteiger partial charge in [0.1, 0.15) is 0 Å². The van der Waals surface area contributed by atoms with Crippen molar-refractivity contribution in [2.24, 2.45) is 17.2 Å². The maximum Gasteiger partial charge on any atom is 0.193 e. The number of benzene rings is 5. The van der Waals surface area contributed by atoms with Gasteiger partial charge in [0, 0.05) is 11.1 Å². The lowest BCUT2D eigenvalue weighted by Crippen LogP contribution is -2.07. The minimum Gasteiger partial charge on any atom is -0.330 e. The van der Waals surface area contributed by atoms with Crippen molar-refractivity contribution in [1.82, 2.24) is 0 Å². The van der Waals surface area contributed by atoms with Crippen molar-refractivity contribution in [3.63, 3.8) is 0 Å². The summed E-state index contributed by atoms with van der Waals surface area (Å²) in [5, 5.41) is 0. The van der Waals surface area contributed by atoms with Crippen LogP contribution in [0.5, 0.6) is 0 Å². The molecule has 0 heterocycles. The molecule has 0 radical (unpaired) electrons. The minimum absolute atomic E-state index is 0.0850. The number of rotatable bonds is 9. The highest BCUT2D eigenvalue weighted by Gasteiger charge is 2.25. The van der Waals surface area contributed by atoms with Gasteiger partial charge in [0.25, 0.3) is 0 Å². The molecule has 1 aliphatic rings. The van der Waals surface area contributed by atoms with Crippen LogP contribution >= 0.6 is 0 Å². The third-order valence-electron chi connectivity index (χ3n) is 8.55. The SMILES string of the molecule is NCCc1cccc(-c2ccc3c(c2)C(=O)c2cc(-c4cccc(CCN)c4)cc(-c4cccc(CCN)c4)c2CC3)c1. The van der Waals surface area contributed by atoms with Crippen LogP contribution in [0.15, 0.2) is 103 Å². The number of nitrogens with two attached hydrogens (primary N) is 3. The molecule has 0 atom stereocenters. The first-order valence-electron chi connectivity index (χ1n) is 15.3. The topological polar surface area (TPSA) is 95.1 Å². The summed E-state index contributed by atoms with van der Waals surface area (Å²) < 4.78 is 0. The lowest BCUT2D eigenvalue weighted by Gasteiger charge is -2.17. The van der Waals surface area contributed by atoms with E-state index in [9.17, 15) is 4.79 Å². The standard InChI is InChI=1S/C39H39N3O/c40-17-14-26-4-1-7-30(20-26)32-11-10-29-12-13-35-36(33-9-3-6-28(22-33)16-19-42)24-34(25-38(35)39(43)37(29)23-32)31-8-2-5-27(21-31)15-18-41/h1-11,20-25H,12-19,40-42H2. The number of ketones is 1. The molecule has 0 amide bonds. The van der Waals surface area contributed by atoms with Crippen molar-refractivity contribution in [3.05, 3.63) is 142 Å². The van der Waals surface area contributed by atoms with Crippen molar-refractivity contribution >= 4 is 5.78 Å². The highest BCUT2D eigenvalue weighted by Crippen LogP contribution is 2.38. The Morgan fingerprint density at radius 1 is 0.465 bits per heavy atom. The summed E-state index contributed by atoms with van der Waals surface area (Å²) >= 11 is 0. The second-order valence-corrected chi connectivity index (χ2v) is 11.5. The zero-order valence-electron chi connectivity index (χ0n) is 24.6. The number of aryl methyl sites for hydroxylation is 1. The van der Waals surface area contributed by atoms with Crippen molar-refractivity contribution in [3.8, 4) is 33.4 Å². The number of hydrogen-bond donors (Lipinski definition) is 3. The van der Waals surface area contributed by atoms with E-state index in [1.807, 2.05) is 0 Å². The Kier molecular flexibility index (Phi) is 8.62. The van der Waals surface area contributed by atoms with Crippen molar-refractivity contribution < 1.29 is 4.79 Å². The second kappa shape index (κ2) is 12.9. The van der Waals surface area contributed by atoms with E-state index in [1.54, 1.807) is 0 Å². The molecule has 0 spiro atoms. The summed E-state index contributed by atoms with van der Waals surface area (Å²) in [7, 11) is 0. The minimum atomic E-state index is 0.0850. The molecule has 216 valence electrons. The Balaban J connectivity index is 1.51. The molecule has 0 unspecified atom stereocenters. The van der Waals surface area contributed by atoms with Crippen LogP contribution in [0.1, 0.15) is 43.7 Å². The van der Waals surface area contributed by atoms with Gasteiger partial charge in [0.2, 0.25) is 0 Å². The average Bonchev–Trinajstić information content (AvgIpc) is 3.17. The van der Waals surface area contributed by atoms with E-state index in [2.05, 4.69) is 103 Å². The Labute approximate surface area is 254 Å². The molecule has 0 bridgehead atoms. The molecule has 0 aliphatic heterocycles. The van der Waals surface area contributed by atoms with Gasteiger partial charge in [0.05, 0.1) is 0 Å². The molecule has 6 rings (SSSR count). The maximum absolute atomic E-state index is 14.5. The fourth-order valence-electron chi connectivity index (χ4n) is 6.37. The predicted molar refractivity (Wildman–Crippen MR) is 178 cm³/mol. The monoisotopic (exact) mass is 565 g/mol.